The maximum Gasteiger partial charge on any atom is 0.225 e. The fraction of sp³-hybridized carbons (Fsp3) is 0.407. The number of aromatic nitrogens is 4. The van der Waals surface area contributed by atoms with Crippen LogP contribution < -0.4 is 9.64 Å². The summed E-state index contributed by atoms with van der Waals surface area (Å²) >= 11 is 0. The van der Waals surface area contributed by atoms with Crippen LogP contribution in [-0.2, 0) is 4.79 Å². The second-order valence-electron chi connectivity index (χ2n) is 9.84. The standard InChI is InChI=1S/C27H30N6O3/c1-16(2)26(34)31-11-13-32(14-12-31)27-29-21-9-8-19(23-17(3)30-36-18(23)4)25-24(21)33(27)22(15-35-25)20-7-5-6-10-28-20/h5-10,16,22H,11-15H2,1-4H3/t22-/m1/s1. The number of carbonyl (C=O) groups is 1. The number of pyridine rings is 1. The highest BCUT2D eigenvalue weighted by atomic mass is 16.5. The Balaban J connectivity index is 1.48. The maximum absolute atomic E-state index is 12.5. The third kappa shape index (κ3) is 3.53. The van der Waals surface area contributed by atoms with Gasteiger partial charge >= 0.3 is 0 Å². The lowest BCUT2D eigenvalue weighted by molar-refractivity contribution is -0.134. The van der Waals surface area contributed by atoms with Crippen molar-refractivity contribution in [3.8, 4) is 16.9 Å². The number of rotatable bonds is 4. The molecule has 0 unspecified atom stereocenters. The molecule has 1 aromatic carbocycles. The molecule has 2 aliphatic rings. The number of aryl methyl sites for hydroxylation is 2. The third-order valence-corrected chi connectivity index (χ3v) is 7.18. The van der Waals surface area contributed by atoms with Crippen LogP contribution in [0.15, 0.2) is 41.1 Å². The monoisotopic (exact) mass is 486 g/mol. The Hall–Kier alpha value is -3.88. The van der Waals surface area contributed by atoms with Gasteiger partial charge in [0.25, 0.3) is 0 Å². The Morgan fingerprint density at radius 3 is 2.56 bits per heavy atom. The maximum atomic E-state index is 12.5. The van der Waals surface area contributed by atoms with Crippen molar-refractivity contribution >= 4 is 22.9 Å². The molecule has 1 fully saturated rings. The average molecular weight is 487 g/mol. The van der Waals surface area contributed by atoms with Gasteiger partial charge in [-0.3, -0.25) is 14.3 Å². The predicted octanol–water partition coefficient (Wildman–Crippen LogP) is 3.99. The van der Waals surface area contributed by atoms with Crippen molar-refractivity contribution < 1.29 is 14.1 Å². The summed E-state index contributed by atoms with van der Waals surface area (Å²) in [6, 6.07) is 9.93. The van der Waals surface area contributed by atoms with E-state index in [0.717, 1.165) is 64.1 Å². The van der Waals surface area contributed by atoms with Gasteiger partial charge in [-0.25, -0.2) is 4.98 Å². The summed E-state index contributed by atoms with van der Waals surface area (Å²) < 4.78 is 14.2. The van der Waals surface area contributed by atoms with Crippen molar-refractivity contribution in [3.05, 3.63) is 53.7 Å². The SMILES string of the molecule is Cc1noc(C)c1-c1ccc2nc(N3CCN(C(=O)C(C)C)CC3)n3c2c1OC[C@@H]3c1ccccn1. The topological polar surface area (TPSA) is 89.5 Å². The van der Waals surface area contributed by atoms with Crippen LogP contribution in [0.3, 0.4) is 0 Å². The zero-order valence-corrected chi connectivity index (χ0v) is 21.1. The minimum Gasteiger partial charge on any atom is -0.488 e. The molecule has 2 aliphatic heterocycles. The van der Waals surface area contributed by atoms with Crippen LogP contribution in [-0.4, -0.2) is 63.3 Å². The van der Waals surface area contributed by atoms with E-state index in [4.69, 9.17) is 14.2 Å². The van der Waals surface area contributed by atoms with Crippen molar-refractivity contribution in [3.63, 3.8) is 0 Å². The molecule has 0 N–H and O–H groups in total. The quantitative estimate of drug-likeness (QED) is 0.431. The summed E-state index contributed by atoms with van der Waals surface area (Å²) in [5, 5.41) is 4.16. The first-order valence-electron chi connectivity index (χ1n) is 12.5. The van der Waals surface area contributed by atoms with Crippen molar-refractivity contribution in [2.75, 3.05) is 37.7 Å². The van der Waals surface area contributed by atoms with Crippen LogP contribution in [0.2, 0.25) is 0 Å². The van der Waals surface area contributed by atoms with Gasteiger partial charge in [0.1, 0.15) is 23.9 Å². The summed E-state index contributed by atoms with van der Waals surface area (Å²) in [5.41, 5.74) is 5.49. The number of carbonyl (C=O) groups excluding carboxylic acids is 1. The Morgan fingerprint density at radius 1 is 1.08 bits per heavy atom. The van der Waals surface area contributed by atoms with Gasteiger partial charge < -0.3 is 19.1 Å². The summed E-state index contributed by atoms with van der Waals surface area (Å²) in [5.74, 6) is 2.65. The number of hydrogen-bond acceptors (Lipinski definition) is 7. The molecule has 36 heavy (non-hydrogen) atoms. The minimum atomic E-state index is -0.117. The van der Waals surface area contributed by atoms with Gasteiger partial charge in [0.15, 0.2) is 5.75 Å². The first-order valence-corrected chi connectivity index (χ1v) is 12.5. The zero-order chi connectivity index (χ0) is 25.0. The lowest BCUT2D eigenvalue weighted by Crippen LogP contribution is -2.50. The molecule has 1 saturated heterocycles. The number of ether oxygens (including phenoxy) is 1. The van der Waals surface area contributed by atoms with Gasteiger partial charge in [0, 0.05) is 43.9 Å². The van der Waals surface area contributed by atoms with Gasteiger partial charge in [-0.15, -0.1) is 0 Å². The van der Waals surface area contributed by atoms with Crippen molar-refractivity contribution in [2.24, 2.45) is 5.92 Å². The van der Waals surface area contributed by atoms with E-state index in [2.05, 4.69) is 19.6 Å². The molecule has 9 heteroatoms. The minimum absolute atomic E-state index is 0.00251. The lowest BCUT2D eigenvalue weighted by atomic mass is 10.0. The molecular formula is C27H30N6O3. The van der Waals surface area contributed by atoms with Gasteiger partial charge in [0.2, 0.25) is 11.9 Å². The van der Waals surface area contributed by atoms with Crippen LogP contribution in [0.5, 0.6) is 5.75 Å². The number of imidazole rings is 1. The second kappa shape index (κ2) is 8.65. The normalized spacial score (nSPS) is 17.6. The third-order valence-electron chi connectivity index (χ3n) is 7.18. The lowest BCUT2D eigenvalue weighted by Gasteiger charge is -2.37. The molecular weight excluding hydrogens is 456 g/mol. The molecule has 0 bridgehead atoms. The predicted molar refractivity (Wildman–Crippen MR) is 136 cm³/mol. The number of nitrogens with zero attached hydrogens (tertiary/aromatic N) is 6. The van der Waals surface area contributed by atoms with Crippen LogP contribution in [0.4, 0.5) is 5.95 Å². The first kappa shape index (κ1) is 22.6. The van der Waals surface area contributed by atoms with Crippen LogP contribution in [0.25, 0.3) is 22.2 Å². The second-order valence-corrected chi connectivity index (χ2v) is 9.84. The fourth-order valence-electron chi connectivity index (χ4n) is 5.39. The number of benzene rings is 1. The summed E-state index contributed by atoms with van der Waals surface area (Å²) in [7, 11) is 0. The van der Waals surface area contributed by atoms with E-state index in [1.807, 2.05) is 69.1 Å². The highest BCUT2D eigenvalue weighted by molar-refractivity contribution is 5.94. The van der Waals surface area contributed by atoms with Crippen LogP contribution >= 0.6 is 0 Å². The van der Waals surface area contributed by atoms with Crippen LogP contribution in [0, 0.1) is 19.8 Å². The van der Waals surface area contributed by atoms with E-state index in [1.54, 1.807) is 0 Å². The Bertz CT molecular complexity index is 1410. The van der Waals surface area contributed by atoms with E-state index < -0.39 is 0 Å². The van der Waals surface area contributed by atoms with Gasteiger partial charge in [-0.05, 0) is 38.1 Å². The zero-order valence-electron chi connectivity index (χ0n) is 21.1. The van der Waals surface area contributed by atoms with Crippen molar-refractivity contribution in [1.82, 2.24) is 24.6 Å². The number of anilines is 1. The number of hydrogen-bond donors (Lipinski definition) is 0. The summed E-state index contributed by atoms with van der Waals surface area (Å²) in [4.78, 5) is 26.5. The van der Waals surface area contributed by atoms with Crippen molar-refractivity contribution in [1.29, 1.82) is 0 Å². The molecule has 4 aromatic rings. The molecule has 3 aromatic heterocycles. The molecule has 0 spiro atoms. The van der Waals surface area contributed by atoms with Crippen molar-refractivity contribution in [2.45, 2.75) is 33.7 Å². The fourth-order valence-corrected chi connectivity index (χ4v) is 5.39. The largest absolute Gasteiger partial charge is 0.488 e. The van der Waals surface area contributed by atoms with E-state index in [0.29, 0.717) is 19.7 Å². The molecule has 186 valence electrons. The van der Waals surface area contributed by atoms with Crippen LogP contribution in [0.1, 0.15) is 37.0 Å². The molecule has 6 rings (SSSR count). The molecule has 1 amide bonds. The van der Waals surface area contributed by atoms with Gasteiger partial charge in [0.05, 0.1) is 22.5 Å². The first-order chi connectivity index (χ1) is 17.4. The van der Waals surface area contributed by atoms with E-state index in [9.17, 15) is 4.79 Å². The van der Waals surface area contributed by atoms with Gasteiger partial charge in [-0.2, -0.15) is 0 Å². The van der Waals surface area contributed by atoms with E-state index >= 15 is 0 Å². The molecule has 0 aliphatic carbocycles. The van der Waals surface area contributed by atoms with E-state index in [1.165, 1.54) is 0 Å². The number of piperazine rings is 1. The highest BCUT2D eigenvalue weighted by Gasteiger charge is 2.34. The smallest absolute Gasteiger partial charge is 0.225 e. The summed E-state index contributed by atoms with van der Waals surface area (Å²) in [6.45, 7) is 11.0. The highest BCUT2D eigenvalue weighted by Crippen LogP contribution is 2.45. The molecule has 5 heterocycles. The molecule has 9 nitrogen and oxygen atoms in total. The van der Waals surface area contributed by atoms with E-state index in [-0.39, 0.29) is 17.9 Å². The molecule has 1 atom stereocenters. The Morgan fingerprint density at radius 2 is 1.89 bits per heavy atom. The molecule has 0 radical (unpaired) electrons. The number of amides is 1. The average Bonchev–Trinajstić information content (AvgIpc) is 3.45. The summed E-state index contributed by atoms with van der Waals surface area (Å²) in [6.07, 6.45) is 1.81. The Labute approximate surface area is 209 Å². The van der Waals surface area contributed by atoms with Gasteiger partial charge in [-0.1, -0.05) is 25.1 Å². The Kier molecular flexibility index (Phi) is 5.43. The molecule has 0 saturated carbocycles.